The number of benzene rings is 1. The van der Waals surface area contributed by atoms with Crippen LogP contribution in [-0.4, -0.2) is 74.8 Å². The molecule has 2 fully saturated rings. The molecule has 0 aromatic heterocycles. The number of nitrogens with zero attached hydrogens (tertiary/aromatic N) is 3. The summed E-state index contributed by atoms with van der Waals surface area (Å²) in [6, 6.07) is 7.46. The van der Waals surface area contributed by atoms with E-state index in [2.05, 4.69) is 20.1 Å². The van der Waals surface area contributed by atoms with Gasteiger partial charge in [-0.3, -0.25) is 9.89 Å². The van der Waals surface area contributed by atoms with Crippen molar-refractivity contribution in [2.24, 2.45) is 4.99 Å². The second kappa shape index (κ2) is 11.0. The topological polar surface area (TPSA) is 40.1 Å². The van der Waals surface area contributed by atoms with E-state index in [0.29, 0.717) is 6.04 Å². The van der Waals surface area contributed by atoms with Gasteiger partial charge in [0.05, 0.1) is 13.2 Å². The Morgan fingerprint density at radius 1 is 1.31 bits per heavy atom. The summed E-state index contributed by atoms with van der Waals surface area (Å²) in [4.78, 5) is 9.33. The van der Waals surface area contributed by atoms with E-state index in [1.165, 1.54) is 12.5 Å². The Bertz CT molecular complexity index is 580. The summed E-state index contributed by atoms with van der Waals surface area (Å²) in [5.41, 5.74) is 1.05. The zero-order valence-corrected chi connectivity index (χ0v) is 17.8. The van der Waals surface area contributed by atoms with Gasteiger partial charge in [0, 0.05) is 45.8 Å². The molecule has 2 aliphatic rings. The number of morpholine rings is 1. The Labute approximate surface area is 173 Å². The molecule has 2 heterocycles. The third kappa shape index (κ3) is 6.06. The number of hydrogen-bond donors (Lipinski definition) is 1. The third-order valence-electron chi connectivity index (χ3n) is 5.05. The fourth-order valence-electron chi connectivity index (χ4n) is 3.69. The lowest BCUT2D eigenvalue weighted by Crippen LogP contribution is -2.46. The van der Waals surface area contributed by atoms with Crippen LogP contribution in [0.4, 0.5) is 4.39 Å². The van der Waals surface area contributed by atoms with E-state index in [0.717, 1.165) is 70.3 Å². The van der Waals surface area contributed by atoms with Crippen molar-refractivity contribution in [3.05, 3.63) is 35.6 Å². The van der Waals surface area contributed by atoms with Crippen LogP contribution >= 0.6 is 24.0 Å². The molecular weight excluding hydrogens is 446 g/mol. The lowest BCUT2D eigenvalue weighted by Gasteiger charge is -2.32. The number of rotatable bonds is 5. The molecule has 7 heteroatoms. The van der Waals surface area contributed by atoms with Gasteiger partial charge < -0.3 is 15.0 Å². The SMILES string of the molecule is CN=C(NCCCc1cccc(F)c1)N1CCC(N2CCOCC2)C1.I. The first kappa shape index (κ1) is 21.4. The number of nitrogens with one attached hydrogen (secondary N) is 1. The number of ether oxygens (including phenoxy) is 1. The van der Waals surface area contributed by atoms with Crippen LogP contribution in [-0.2, 0) is 11.2 Å². The Hall–Kier alpha value is -0.930. The Morgan fingerprint density at radius 2 is 2.12 bits per heavy atom. The normalized spacial score (nSPS) is 21.5. The third-order valence-corrected chi connectivity index (χ3v) is 5.05. The molecule has 0 amide bonds. The van der Waals surface area contributed by atoms with E-state index >= 15 is 0 Å². The summed E-state index contributed by atoms with van der Waals surface area (Å²) >= 11 is 0. The molecule has 1 N–H and O–H groups in total. The van der Waals surface area contributed by atoms with E-state index in [-0.39, 0.29) is 29.8 Å². The van der Waals surface area contributed by atoms with Gasteiger partial charge in [-0.25, -0.2) is 4.39 Å². The zero-order valence-electron chi connectivity index (χ0n) is 15.5. The fourth-order valence-corrected chi connectivity index (χ4v) is 3.69. The molecule has 0 aliphatic carbocycles. The number of aliphatic imine (C=N–C) groups is 1. The van der Waals surface area contributed by atoms with Crippen LogP contribution in [0.2, 0.25) is 0 Å². The zero-order chi connectivity index (χ0) is 17.5. The predicted molar refractivity (Wildman–Crippen MR) is 114 cm³/mol. The second-order valence-corrected chi connectivity index (χ2v) is 6.74. The summed E-state index contributed by atoms with van der Waals surface area (Å²) in [5, 5.41) is 3.46. The first-order valence-electron chi connectivity index (χ1n) is 9.28. The molecule has 0 bridgehead atoms. The van der Waals surface area contributed by atoms with E-state index in [1.807, 2.05) is 13.1 Å². The van der Waals surface area contributed by atoms with Crippen molar-refractivity contribution in [1.29, 1.82) is 0 Å². The highest BCUT2D eigenvalue weighted by Crippen LogP contribution is 2.17. The molecule has 26 heavy (non-hydrogen) atoms. The summed E-state index contributed by atoms with van der Waals surface area (Å²) in [7, 11) is 1.84. The molecular formula is C19H30FIN4O. The molecule has 0 saturated carbocycles. The van der Waals surface area contributed by atoms with Crippen molar-refractivity contribution in [2.45, 2.75) is 25.3 Å². The minimum atomic E-state index is -0.160. The number of likely N-dealkylation sites (tertiary alicyclic amines) is 1. The van der Waals surface area contributed by atoms with E-state index in [1.54, 1.807) is 12.1 Å². The van der Waals surface area contributed by atoms with Gasteiger partial charge in [-0.2, -0.15) is 0 Å². The van der Waals surface area contributed by atoms with Crippen LogP contribution in [0.5, 0.6) is 0 Å². The molecule has 2 saturated heterocycles. The van der Waals surface area contributed by atoms with E-state index in [4.69, 9.17) is 4.74 Å². The smallest absolute Gasteiger partial charge is 0.193 e. The summed E-state index contributed by atoms with van der Waals surface area (Å²) < 4.78 is 18.6. The van der Waals surface area contributed by atoms with Crippen molar-refractivity contribution in [3.8, 4) is 0 Å². The minimum absolute atomic E-state index is 0. The lowest BCUT2D eigenvalue weighted by molar-refractivity contribution is 0.0195. The molecule has 0 radical (unpaired) electrons. The van der Waals surface area contributed by atoms with Crippen molar-refractivity contribution in [3.63, 3.8) is 0 Å². The van der Waals surface area contributed by atoms with E-state index < -0.39 is 0 Å². The van der Waals surface area contributed by atoms with Crippen LogP contribution in [0.15, 0.2) is 29.3 Å². The molecule has 2 aliphatic heterocycles. The average Bonchev–Trinajstić information content (AvgIpc) is 3.12. The monoisotopic (exact) mass is 476 g/mol. The Kier molecular flexibility index (Phi) is 9.07. The van der Waals surface area contributed by atoms with Crippen molar-refractivity contribution >= 4 is 29.9 Å². The van der Waals surface area contributed by atoms with Gasteiger partial charge in [-0.15, -0.1) is 24.0 Å². The van der Waals surface area contributed by atoms with Gasteiger partial charge in [-0.1, -0.05) is 12.1 Å². The van der Waals surface area contributed by atoms with Crippen LogP contribution in [0, 0.1) is 5.82 Å². The van der Waals surface area contributed by atoms with E-state index in [9.17, 15) is 4.39 Å². The van der Waals surface area contributed by atoms with Gasteiger partial charge in [0.2, 0.25) is 0 Å². The second-order valence-electron chi connectivity index (χ2n) is 6.74. The number of halogens is 2. The molecule has 1 aromatic carbocycles. The maximum absolute atomic E-state index is 13.2. The molecule has 5 nitrogen and oxygen atoms in total. The quantitative estimate of drug-likeness (QED) is 0.307. The van der Waals surface area contributed by atoms with Gasteiger partial charge in [-0.05, 0) is 37.0 Å². The maximum atomic E-state index is 13.2. The highest BCUT2D eigenvalue weighted by molar-refractivity contribution is 14.0. The van der Waals surface area contributed by atoms with Gasteiger partial charge in [0.25, 0.3) is 0 Å². The first-order chi connectivity index (χ1) is 12.3. The Morgan fingerprint density at radius 3 is 2.85 bits per heavy atom. The largest absolute Gasteiger partial charge is 0.379 e. The Balaban J connectivity index is 0.00000243. The summed E-state index contributed by atoms with van der Waals surface area (Å²) in [6.45, 7) is 6.71. The van der Waals surface area contributed by atoms with Crippen LogP contribution in [0.1, 0.15) is 18.4 Å². The standard InChI is InChI=1S/C19H29FN4O.HI/c1-21-19(22-8-3-5-16-4-2-6-17(20)14-16)24-9-7-18(15-24)23-10-12-25-13-11-23;/h2,4,6,14,18H,3,5,7-13,15H2,1H3,(H,21,22);1H. The minimum Gasteiger partial charge on any atom is -0.379 e. The lowest BCUT2D eigenvalue weighted by atomic mass is 10.1. The highest BCUT2D eigenvalue weighted by atomic mass is 127. The summed E-state index contributed by atoms with van der Waals surface area (Å²) in [5.74, 6) is 0.822. The number of hydrogen-bond acceptors (Lipinski definition) is 3. The van der Waals surface area contributed by atoms with Gasteiger partial charge in [0.1, 0.15) is 5.82 Å². The van der Waals surface area contributed by atoms with Crippen molar-refractivity contribution in [2.75, 3.05) is 53.0 Å². The number of guanidine groups is 1. The number of aryl methyl sites for hydroxylation is 1. The highest BCUT2D eigenvalue weighted by Gasteiger charge is 2.30. The molecule has 0 spiro atoms. The fraction of sp³-hybridized carbons (Fsp3) is 0.632. The van der Waals surface area contributed by atoms with Crippen LogP contribution < -0.4 is 5.32 Å². The summed E-state index contributed by atoms with van der Waals surface area (Å²) in [6.07, 6.45) is 3.02. The van der Waals surface area contributed by atoms with Crippen LogP contribution in [0.3, 0.4) is 0 Å². The van der Waals surface area contributed by atoms with Crippen molar-refractivity contribution in [1.82, 2.24) is 15.1 Å². The predicted octanol–water partition coefficient (Wildman–Crippen LogP) is 2.36. The molecule has 146 valence electrons. The first-order valence-corrected chi connectivity index (χ1v) is 9.28. The molecule has 3 rings (SSSR count). The van der Waals surface area contributed by atoms with Crippen LogP contribution in [0.25, 0.3) is 0 Å². The van der Waals surface area contributed by atoms with Gasteiger partial charge in [0.15, 0.2) is 5.96 Å². The van der Waals surface area contributed by atoms with Gasteiger partial charge >= 0.3 is 0 Å². The molecule has 1 unspecified atom stereocenters. The van der Waals surface area contributed by atoms with Crippen molar-refractivity contribution < 1.29 is 9.13 Å². The molecule has 1 aromatic rings. The molecule has 1 atom stereocenters. The average molecular weight is 476 g/mol. The maximum Gasteiger partial charge on any atom is 0.193 e.